The summed E-state index contributed by atoms with van der Waals surface area (Å²) >= 11 is 0. The summed E-state index contributed by atoms with van der Waals surface area (Å²) in [5.41, 5.74) is 0. The van der Waals surface area contributed by atoms with E-state index in [1.807, 2.05) is 0 Å². The molecule has 1 aliphatic rings. The molecule has 21 heavy (non-hydrogen) atoms. The fourth-order valence-electron chi connectivity index (χ4n) is 2.58. The maximum atomic E-state index is 11.9. The first-order valence-electron chi connectivity index (χ1n) is 7.80. The van der Waals surface area contributed by atoms with Crippen LogP contribution in [0.3, 0.4) is 0 Å². The van der Waals surface area contributed by atoms with Gasteiger partial charge in [0.25, 0.3) is 0 Å². The van der Waals surface area contributed by atoms with E-state index in [1.165, 1.54) is 6.92 Å². The Morgan fingerprint density at radius 2 is 1.67 bits per heavy atom. The van der Waals surface area contributed by atoms with E-state index in [2.05, 4.69) is 6.92 Å². The van der Waals surface area contributed by atoms with Crippen LogP contribution in [0.25, 0.3) is 0 Å². The molecule has 0 bridgehead atoms. The van der Waals surface area contributed by atoms with E-state index in [0.29, 0.717) is 6.42 Å². The molecular weight excluding hydrogens is 276 g/mol. The molecule has 1 aliphatic heterocycles. The summed E-state index contributed by atoms with van der Waals surface area (Å²) < 4.78 is 5.28. The lowest BCUT2D eigenvalue weighted by Crippen LogP contribution is -2.61. The van der Waals surface area contributed by atoms with Crippen LogP contribution in [0.1, 0.15) is 52.4 Å². The van der Waals surface area contributed by atoms with Crippen molar-refractivity contribution in [3.63, 3.8) is 0 Å². The molecule has 1 rings (SSSR count). The van der Waals surface area contributed by atoms with Gasteiger partial charge in [-0.25, -0.2) is 0 Å². The van der Waals surface area contributed by atoms with Gasteiger partial charge in [0.15, 0.2) is 5.78 Å². The smallest absolute Gasteiger partial charge is 0.164 e. The predicted molar refractivity (Wildman–Crippen MR) is 76.7 cm³/mol. The van der Waals surface area contributed by atoms with Gasteiger partial charge < -0.3 is 25.2 Å². The number of Topliss-reactive ketones (excluding diaryl/α,β-unsaturated/α-hetero) is 1. The molecule has 1 saturated heterocycles. The van der Waals surface area contributed by atoms with Crippen molar-refractivity contribution in [3.05, 3.63) is 0 Å². The highest BCUT2D eigenvalue weighted by Gasteiger charge is 2.46. The molecule has 6 heteroatoms. The maximum absolute atomic E-state index is 11.9. The van der Waals surface area contributed by atoms with Gasteiger partial charge in [-0.3, -0.25) is 4.79 Å². The number of unbranched alkanes of at least 4 members (excludes halogenated alkanes) is 4. The Hall–Kier alpha value is -0.530. The number of hydrogen-bond donors (Lipinski definition) is 4. The molecule has 0 aromatic heterocycles. The van der Waals surface area contributed by atoms with Crippen LogP contribution < -0.4 is 0 Å². The number of aliphatic hydroxyl groups is 4. The molecule has 1 heterocycles. The van der Waals surface area contributed by atoms with E-state index in [9.17, 15) is 25.2 Å². The Balaban J connectivity index is 2.45. The topological polar surface area (TPSA) is 107 Å². The standard InChI is InChI=1S/C15H28O6/c1-3-4-5-6-7-8-10(16)12(18)15-14(20)13(19)11(17)9(2)21-15/h9,11-15,17-20H,3-8H2,1-2H3/t9-,11-,12?,13+,14+,15?/m0/s1. The Morgan fingerprint density at radius 1 is 1.05 bits per heavy atom. The molecule has 0 aromatic rings. The first-order chi connectivity index (χ1) is 9.90. The molecule has 0 spiro atoms. The van der Waals surface area contributed by atoms with Gasteiger partial charge in [0.2, 0.25) is 0 Å². The van der Waals surface area contributed by atoms with Crippen LogP contribution in [-0.4, -0.2) is 62.8 Å². The third-order valence-corrected chi connectivity index (χ3v) is 4.06. The van der Waals surface area contributed by atoms with Crippen molar-refractivity contribution < 1.29 is 30.0 Å². The van der Waals surface area contributed by atoms with Crippen molar-refractivity contribution >= 4 is 5.78 Å². The van der Waals surface area contributed by atoms with E-state index >= 15 is 0 Å². The Bertz CT molecular complexity index is 321. The third kappa shape index (κ3) is 5.00. The second-order valence-electron chi connectivity index (χ2n) is 5.85. The van der Waals surface area contributed by atoms with Gasteiger partial charge in [-0.2, -0.15) is 0 Å². The summed E-state index contributed by atoms with van der Waals surface area (Å²) in [6, 6.07) is 0. The zero-order valence-corrected chi connectivity index (χ0v) is 12.8. The van der Waals surface area contributed by atoms with E-state index in [4.69, 9.17) is 4.74 Å². The summed E-state index contributed by atoms with van der Waals surface area (Å²) in [4.78, 5) is 11.9. The first kappa shape index (κ1) is 18.5. The largest absolute Gasteiger partial charge is 0.388 e. The lowest BCUT2D eigenvalue weighted by atomic mass is 9.90. The summed E-state index contributed by atoms with van der Waals surface area (Å²) in [5.74, 6) is -0.397. The first-order valence-corrected chi connectivity index (χ1v) is 7.80. The van der Waals surface area contributed by atoms with E-state index in [1.54, 1.807) is 0 Å². The number of carbonyl (C=O) groups excluding carboxylic acids is 1. The molecule has 0 saturated carbocycles. The van der Waals surface area contributed by atoms with Gasteiger partial charge in [-0.05, 0) is 13.3 Å². The van der Waals surface area contributed by atoms with Crippen molar-refractivity contribution in [1.82, 2.24) is 0 Å². The molecule has 6 atom stereocenters. The minimum absolute atomic E-state index is 0.227. The fourth-order valence-corrected chi connectivity index (χ4v) is 2.58. The normalized spacial score (nSPS) is 34.7. The van der Waals surface area contributed by atoms with Crippen molar-refractivity contribution in [2.24, 2.45) is 0 Å². The molecule has 6 nitrogen and oxygen atoms in total. The van der Waals surface area contributed by atoms with Crippen LogP contribution in [0, 0.1) is 0 Å². The molecule has 124 valence electrons. The summed E-state index contributed by atoms with van der Waals surface area (Å²) in [6.45, 7) is 3.63. The monoisotopic (exact) mass is 304 g/mol. The highest BCUT2D eigenvalue weighted by molar-refractivity contribution is 5.83. The molecule has 0 aliphatic carbocycles. The van der Waals surface area contributed by atoms with Crippen molar-refractivity contribution in [1.29, 1.82) is 0 Å². The highest BCUT2D eigenvalue weighted by Crippen LogP contribution is 2.24. The second-order valence-corrected chi connectivity index (χ2v) is 5.85. The summed E-state index contributed by atoms with van der Waals surface area (Å²) in [6.07, 6.45) is -2.39. The highest BCUT2D eigenvalue weighted by atomic mass is 16.5. The van der Waals surface area contributed by atoms with Crippen molar-refractivity contribution in [3.8, 4) is 0 Å². The zero-order valence-electron chi connectivity index (χ0n) is 12.8. The van der Waals surface area contributed by atoms with Gasteiger partial charge in [-0.15, -0.1) is 0 Å². The second kappa shape index (κ2) is 8.80. The van der Waals surface area contributed by atoms with Gasteiger partial charge >= 0.3 is 0 Å². The number of carbonyl (C=O) groups is 1. The van der Waals surface area contributed by atoms with Gasteiger partial charge in [-0.1, -0.05) is 32.6 Å². The van der Waals surface area contributed by atoms with Crippen LogP contribution in [0.4, 0.5) is 0 Å². The van der Waals surface area contributed by atoms with Crippen LogP contribution in [0.5, 0.6) is 0 Å². The molecule has 2 unspecified atom stereocenters. The number of hydrogen-bond acceptors (Lipinski definition) is 6. The average molecular weight is 304 g/mol. The number of ether oxygens (including phenoxy) is 1. The van der Waals surface area contributed by atoms with E-state index in [-0.39, 0.29) is 6.42 Å². The minimum atomic E-state index is -1.48. The van der Waals surface area contributed by atoms with Crippen molar-refractivity contribution in [2.45, 2.75) is 89.0 Å². The Labute approximate surface area is 125 Å². The van der Waals surface area contributed by atoms with Crippen LogP contribution >= 0.6 is 0 Å². The van der Waals surface area contributed by atoms with E-state index in [0.717, 1.165) is 25.7 Å². The SMILES string of the molecule is CCCCCCCC(=O)C(O)C1O[C@@H](C)[C@H](O)[C@@H](O)[C@H]1O. The van der Waals surface area contributed by atoms with Crippen LogP contribution in [0.2, 0.25) is 0 Å². The van der Waals surface area contributed by atoms with Crippen molar-refractivity contribution in [2.75, 3.05) is 0 Å². The van der Waals surface area contributed by atoms with Gasteiger partial charge in [0.05, 0.1) is 6.10 Å². The molecule has 0 aromatic carbocycles. The molecule has 0 radical (unpaired) electrons. The Morgan fingerprint density at radius 3 is 2.29 bits per heavy atom. The lowest BCUT2D eigenvalue weighted by molar-refractivity contribution is -0.236. The van der Waals surface area contributed by atoms with Crippen LogP contribution in [0.15, 0.2) is 0 Å². The average Bonchev–Trinajstić information content (AvgIpc) is 2.47. The maximum Gasteiger partial charge on any atom is 0.164 e. The van der Waals surface area contributed by atoms with Gasteiger partial charge in [0.1, 0.15) is 30.5 Å². The number of ketones is 1. The summed E-state index contributed by atoms with van der Waals surface area (Å²) in [5, 5.41) is 39.1. The minimum Gasteiger partial charge on any atom is -0.388 e. The lowest BCUT2D eigenvalue weighted by Gasteiger charge is -2.40. The third-order valence-electron chi connectivity index (χ3n) is 4.06. The predicted octanol–water partition coefficient (Wildman–Crippen LogP) is 0.147. The molecule has 1 fully saturated rings. The molecule has 4 N–H and O–H groups in total. The molecular formula is C15H28O6. The van der Waals surface area contributed by atoms with E-state index < -0.39 is 42.4 Å². The van der Waals surface area contributed by atoms with Crippen LogP contribution in [-0.2, 0) is 9.53 Å². The number of aliphatic hydroxyl groups excluding tert-OH is 4. The quantitative estimate of drug-likeness (QED) is 0.475. The summed E-state index contributed by atoms with van der Waals surface area (Å²) in [7, 11) is 0. The molecule has 0 amide bonds. The van der Waals surface area contributed by atoms with Gasteiger partial charge in [0, 0.05) is 6.42 Å². The number of rotatable bonds is 8. The zero-order chi connectivity index (χ0) is 16.0. The fraction of sp³-hybridized carbons (Fsp3) is 0.933. The Kier molecular flexibility index (Phi) is 7.76.